The van der Waals surface area contributed by atoms with Crippen molar-refractivity contribution in [2.45, 2.75) is 0 Å². The second-order valence-corrected chi connectivity index (χ2v) is 4.83. The van der Waals surface area contributed by atoms with Crippen LogP contribution < -0.4 is 0 Å². The molecule has 3 aromatic heterocycles. The Hall–Kier alpha value is -3.35. The molecule has 0 fully saturated rings. The third-order valence-electron chi connectivity index (χ3n) is 3.31. The Kier molecular flexibility index (Phi) is 3.16. The van der Waals surface area contributed by atoms with Crippen LogP contribution in [0.3, 0.4) is 0 Å². The number of H-pyrrole nitrogens is 1. The van der Waals surface area contributed by atoms with E-state index in [2.05, 4.69) is 25.3 Å². The minimum Gasteiger partial charge on any atom is -0.332 e. The quantitative estimate of drug-likeness (QED) is 0.628. The smallest absolute Gasteiger partial charge is 0.276 e. The third kappa shape index (κ3) is 2.59. The van der Waals surface area contributed by atoms with Crippen molar-refractivity contribution in [1.82, 2.24) is 25.3 Å². The van der Waals surface area contributed by atoms with E-state index in [4.69, 9.17) is 4.52 Å². The molecule has 0 unspecified atom stereocenters. The molecule has 4 aromatic rings. The first-order valence-electron chi connectivity index (χ1n) is 6.85. The molecule has 6 nitrogen and oxygen atoms in total. The number of nitrogens with zero attached hydrogens (tertiary/aromatic N) is 4. The fraction of sp³-hybridized carbons (Fsp3) is 0. The van der Waals surface area contributed by atoms with E-state index in [1.807, 2.05) is 0 Å². The number of hydrogen-bond donors (Lipinski definition) is 1. The number of hydrogen-bond acceptors (Lipinski definition) is 5. The molecule has 0 saturated carbocycles. The molecule has 0 bridgehead atoms. The van der Waals surface area contributed by atoms with E-state index < -0.39 is 0 Å². The normalized spacial score (nSPS) is 10.8. The van der Waals surface area contributed by atoms with Crippen LogP contribution in [0, 0.1) is 5.82 Å². The van der Waals surface area contributed by atoms with E-state index in [1.165, 1.54) is 12.1 Å². The Balaban J connectivity index is 1.65. The molecule has 0 saturated heterocycles. The summed E-state index contributed by atoms with van der Waals surface area (Å²) < 4.78 is 18.2. The van der Waals surface area contributed by atoms with E-state index in [1.54, 1.807) is 42.7 Å². The zero-order chi connectivity index (χ0) is 15.6. The van der Waals surface area contributed by atoms with Crippen LogP contribution in [-0.4, -0.2) is 25.3 Å². The standard InChI is InChI=1S/C16H10FN5O/c17-12-3-1-10(2-4-12)13-9-14(21-20-13)16-19-15(22-23-16)11-5-7-18-8-6-11/h1-9H,(H,20,21). The zero-order valence-corrected chi connectivity index (χ0v) is 11.8. The Morgan fingerprint density at radius 3 is 2.52 bits per heavy atom. The van der Waals surface area contributed by atoms with Gasteiger partial charge in [-0.25, -0.2) is 4.39 Å². The highest BCUT2D eigenvalue weighted by Gasteiger charge is 2.13. The fourth-order valence-electron chi connectivity index (χ4n) is 2.15. The molecular formula is C16H10FN5O. The highest BCUT2D eigenvalue weighted by molar-refractivity contribution is 5.65. The highest BCUT2D eigenvalue weighted by atomic mass is 19.1. The summed E-state index contributed by atoms with van der Waals surface area (Å²) in [5.74, 6) is 0.515. The molecule has 0 spiro atoms. The molecule has 0 aliphatic rings. The molecule has 0 atom stereocenters. The summed E-state index contributed by atoms with van der Waals surface area (Å²) in [5.41, 5.74) is 2.87. The van der Waals surface area contributed by atoms with Gasteiger partial charge in [0.1, 0.15) is 11.5 Å². The van der Waals surface area contributed by atoms with Crippen LogP contribution in [0.4, 0.5) is 4.39 Å². The molecule has 23 heavy (non-hydrogen) atoms. The lowest BCUT2D eigenvalue weighted by Gasteiger charge is -1.94. The average Bonchev–Trinajstić information content (AvgIpc) is 3.26. The summed E-state index contributed by atoms with van der Waals surface area (Å²) in [6, 6.07) is 11.5. The largest absolute Gasteiger partial charge is 0.332 e. The van der Waals surface area contributed by atoms with E-state index in [0.29, 0.717) is 23.1 Å². The van der Waals surface area contributed by atoms with Gasteiger partial charge in [0.2, 0.25) is 5.82 Å². The summed E-state index contributed by atoms with van der Waals surface area (Å²) in [6.45, 7) is 0. The molecule has 3 heterocycles. The maximum Gasteiger partial charge on any atom is 0.276 e. The van der Waals surface area contributed by atoms with Crippen LogP contribution in [0.25, 0.3) is 34.2 Å². The van der Waals surface area contributed by atoms with Gasteiger partial charge in [0.25, 0.3) is 5.89 Å². The van der Waals surface area contributed by atoms with Gasteiger partial charge in [0.15, 0.2) is 0 Å². The number of aromatic nitrogens is 5. The van der Waals surface area contributed by atoms with Crippen LogP contribution >= 0.6 is 0 Å². The van der Waals surface area contributed by atoms with E-state index in [-0.39, 0.29) is 5.82 Å². The van der Waals surface area contributed by atoms with Crippen molar-refractivity contribution in [2.75, 3.05) is 0 Å². The van der Waals surface area contributed by atoms with Gasteiger partial charge in [0, 0.05) is 23.5 Å². The Morgan fingerprint density at radius 1 is 0.957 bits per heavy atom. The predicted octanol–water partition coefficient (Wildman–Crippen LogP) is 3.33. The maximum atomic E-state index is 13.0. The minimum atomic E-state index is -0.289. The van der Waals surface area contributed by atoms with Gasteiger partial charge in [-0.2, -0.15) is 10.1 Å². The number of halogens is 1. The summed E-state index contributed by atoms with van der Waals surface area (Å²) in [4.78, 5) is 8.28. The first-order valence-corrected chi connectivity index (χ1v) is 6.85. The zero-order valence-electron chi connectivity index (χ0n) is 11.8. The highest BCUT2D eigenvalue weighted by Crippen LogP contribution is 2.24. The fourth-order valence-corrected chi connectivity index (χ4v) is 2.15. The lowest BCUT2D eigenvalue weighted by atomic mass is 10.1. The second kappa shape index (κ2) is 5.45. The van der Waals surface area contributed by atoms with E-state index in [9.17, 15) is 4.39 Å². The first kappa shape index (κ1) is 13.3. The Labute approximate surface area is 130 Å². The van der Waals surface area contributed by atoms with Gasteiger partial charge in [0.05, 0.1) is 5.69 Å². The van der Waals surface area contributed by atoms with Crippen molar-refractivity contribution in [1.29, 1.82) is 0 Å². The molecule has 1 aromatic carbocycles. The van der Waals surface area contributed by atoms with E-state index in [0.717, 1.165) is 11.1 Å². The predicted molar refractivity (Wildman–Crippen MR) is 80.5 cm³/mol. The number of rotatable bonds is 3. The van der Waals surface area contributed by atoms with Gasteiger partial charge < -0.3 is 4.52 Å². The molecule has 7 heteroatoms. The van der Waals surface area contributed by atoms with Gasteiger partial charge in [-0.15, -0.1) is 0 Å². The second-order valence-electron chi connectivity index (χ2n) is 4.83. The summed E-state index contributed by atoms with van der Waals surface area (Å²) in [7, 11) is 0. The van der Waals surface area contributed by atoms with Crippen molar-refractivity contribution >= 4 is 0 Å². The van der Waals surface area contributed by atoms with Gasteiger partial charge in [-0.05, 0) is 42.5 Å². The number of nitrogens with one attached hydrogen (secondary N) is 1. The lowest BCUT2D eigenvalue weighted by molar-refractivity contribution is 0.431. The van der Waals surface area contributed by atoms with Crippen molar-refractivity contribution < 1.29 is 8.91 Å². The van der Waals surface area contributed by atoms with Crippen molar-refractivity contribution in [2.24, 2.45) is 0 Å². The molecule has 0 radical (unpaired) electrons. The molecule has 112 valence electrons. The van der Waals surface area contributed by atoms with Crippen LogP contribution in [0.1, 0.15) is 0 Å². The molecule has 4 rings (SSSR count). The first-order chi connectivity index (χ1) is 11.3. The summed E-state index contributed by atoms with van der Waals surface area (Å²) >= 11 is 0. The van der Waals surface area contributed by atoms with Crippen molar-refractivity contribution in [3.8, 4) is 34.2 Å². The summed E-state index contributed by atoms with van der Waals surface area (Å²) in [6.07, 6.45) is 3.32. The van der Waals surface area contributed by atoms with Gasteiger partial charge in [-0.1, -0.05) is 5.16 Å². The van der Waals surface area contributed by atoms with Gasteiger partial charge in [-0.3, -0.25) is 10.1 Å². The average molecular weight is 307 g/mol. The van der Waals surface area contributed by atoms with E-state index >= 15 is 0 Å². The molecule has 0 aliphatic heterocycles. The minimum absolute atomic E-state index is 0.289. The molecule has 0 amide bonds. The SMILES string of the molecule is Fc1ccc(-c2cc(-c3nc(-c4ccncc4)no3)[nH]n2)cc1. The Bertz CT molecular complexity index is 931. The third-order valence-corrected chi connectivity index (χ3v) is 3.31. The summed E-state index contributed by atoms with van der Waals surface area (Å²) in [5, 5.41) is 11.0. The topological polar surface area (TPSA) is 80.5 Å². The molecule has 0 aliphatic carbocycles. The molecular weight excluding hydrogens is 297 g/mol. The number of pyridine rings is 1. The van der Waals surface area contributed by atoms with Crippen LogP contribution in [0.5, 0.6) is 0 Å². The molecule has 1 N–H and O–H groups in total. The lowest BCUT2D eigenvalue weighted by Crippen LogP contribution is -1.81. The maximum absolute atomic E-state index is 13.0. The van der Waals surface area contributed by atoms with Crippen molar-refractivity contribution in [3.05, 3.63) is 60.7 Å². The number of benzene rings is 1. The van der Waals surface area contributed by atoms with Crippen LogP contribution in [0.15, 0.2) is 59.4 Å². The van der Waals surface area contributed by atoms with Gasteiger partial charge >= 0.3 is 0 Å². The number of aromatic amines is 1. The monoisotopic (exact) mass is 307 g/mol. The van der Waals surface area contributed by atoms with Crippen LogP contribution in [-0.2, 0) is 0 Å². The van der Waals surface area contributed by atoms with Crippen LogP contribution in [0.2, 0.25) is 0 Å². The Morgan fingerprint density at radius 2 is 1.74 bits per heavy atom. The van der Waals surface area contributed by atoms with Crippen molar-refractivity contribution in [3.63, 3.8) is 0 Å².